The number of rotatable bonds is 1. The van der Waals surface area contributed by atoms with Crippen LogP contribution < -0.4 is 0 Å². The lowest BCUT2D eigenvalue weighted by molar-refractivity contribution is 0.189. The van der Waals surface area contributed by atoms with E-state index in [1.54, 1.807) is 0 Å². The fourth-order valence-corrected chi connectivity index (χ4v) is 1.90. The summed E-state index contributed by atoms with van der Waals surface area (Å²) in [6.45, 7) is 8.77. The predicted molar refractivity (Wildman–Crippen MR) is 66.9 cm³/mol. The molecule has 0 bridgehead atoms. The largest absolute Gasteiger partial charge is 0.369 e. The lowest BCUT2D eigenvalue weighted by atomic mass is 10.1. The monoisotopic (exact) mass is 208 g/mol. The molecule has 0 N–H and O–H groups in total. The van der Waals surface area contributed by atoms with E-state index in [9.17, 15) is 0 Å². The Labute approximate surface area is 94.3 Å². The van der Waals surface area contributed by atoms with Crippen molar-refractivity contribution >= 4 is 0 Å². The molecule has 0 radical (unpaired) electrons. The minimum absolute atomic E-state index is 1.19. The van der Waals surface area contributed by atoms with Gasteiger partial charge in [0, 0.05) is 31.9 Å². The first-order valence-electron chi connectivity index (χ1n) is 6.16. The van der Waals surface area contributed by atoms with Crippen LogP contribution in [0.3, 0.4) is 0 Å². The fraction of sp³-hybridized carbons (Fsp3) is 0.692. The zero-order chi connectivity index (χ0) is 11.1. The molecule has 0 aromatic rings. The predicted octanol–water partition coefficient (Wildman–Crippen LogP) is 2.49. The van der Waals surface area contributed by atoms with Crippen molar-refractivity contribution in [3.63, 3.8) is 0 Å². The normalized spacial score (nSPS) is 21.8. The summed E-state index contributed by atoms with van der Waals surface area (Å²) in [5.41, 5.74) is 1.44. The smallest absolute Gasteiger partial charge is 0.0323 e. The fourth-order valence-electron chi connectivity index (χ4n) is 1.90. The topological polar surface area (TPSA) is 6.48 Å². The molecule has 0 atom stereocenters. The van der Waals surface area contributed by atoms with E-state index in [4.69, 9.17) is 0 Å². The Bertz CT molecular complexity index is 223. The van der Waals surface area contributed by atoms with Crippen LogP contribution >= 0.6 is 0 Å². The van der Waals surface area contributed by atoms with Gasteiger partial charge >= 0.3 is 0 Å². The number of hydrogen-bond acceptors (Lipinski definition) is 2. The molecule has 15 heavy (non-hydrogen) atoms. The Morgan fingerprint density at radius 2 is 1.67 bits per heavy atom. The molecule has 1 heterocycles. The average molecular weight is 208 g/mol. The molecule has 1 saturated heterocycles. The maximum atomic E-state index is 2.50. The molecule has 1 aliphatic heterocycles. The molecular weight excluding hydrogens is 184 g/mol. The van der Waals surface area contributed by atoms with Crippen LogP contribution in [0.25, 0.3) is 0 Å². The van der Waals surface area contributed by atoms with Crippen LogP contribution in [0.4, 0.5) is 0 Å². The second kappa shape index (κ2) is 6.67. The van der Waals surface area contributed by atoms with Crippen molar-refractivity contribution in [2.75, 3.05) is 33.2 Å². The van der Waals surface area contributed by atoms with Gasteiger partial charge < -0.3 is 9.80 Å². The maximum Gasteiger partial charge on any atom is 0.0323 e. The van der Waals surface area contributed by atoms with Gasteiger partial charge in [-0.2, -0.15) is 0 Å². The molecule has 2 rings (SSSR count). The van der Waals surface area contributed by atoms with Gasteiger partial charge in [0.2, 0.25) is 0 Å². The van der Waals surface area contributed by atoms with Crippen molar-refractivity contribution in [3.8, 4) is 0 Å². The van der Waals surface area contributed by atoms with Crippen LogP contribution in [0.1, 0.15) is 26.7 Å². The van der Waals surface area contributed by atoms with Gasteiger partial charge in [0.05, 0.1) is 0 Å². The van der Waals surface area contributed by atoms with Crippen molar-refractivity contribution in [1.29, 1.82) is 0 Å². The summed E-state index contributed by atoms with van der Waals surface area (Å²) >= 11 is 0. The van der Waals surface area contributed by atoms with Crippen LogP contribution in [0, 0.1) is 0 Å². The van der Waals surface area contributed by atoms with Gasteiger partial charge in [-0.3, -0.25) is 0 Å². The van der Waals surface area contributed by atoms with E-state index in [0.717, 1.165) is 0 Å². The first-order chi connectivity index (χ1) is 7.36. The SMILES string of the molecule is CC.CN1CCN(C2=CCCC=C2)CC1. The quantitative estimate of drug-likeness (QED) is 0.653. The van der Waals surface area contributed by atoms with Gasteiger partial charge in [0.1, 0.15) is 0 Å². The number of piperazine rings is 1. The van der Waals surface area contributed by atoms with Crippen LogP contribution in [0.5, 0.6) is 0 Å². The van der Waals surface area contributed by atoms with Gasteiger partial charge in [0.15, 0.2) is 0 Å². The van der Waals surface area contributed by atoms with E-state index >= 15 is 0 Å². The van der Waals surface area contributed by atoms with Crippen molar-refractivity contribution in [1.82, 2.24) is 9.80 Å². The summed E-state index contributed by atoms with van der Waals surface area (Å²) in [5.74, 6) is 0. The molecule has 0 amide bonds. The van der Waals surface area contributed by atoms with E-state index in [1.165, 1.54) is 44.7 Å². The third-order valence-corrected chi connectivity index (χ3v) is 2.84. The molecule has 1 aliphatic carbocycles. The third kappa shape index (κ3) is 3.71. The standard InChI is InChI=1S/C11H18N2.C2H6/c1-12-7-9-13(10-8-12)11-5-3-2-4-6-11;1-2/h3,5-6H,2,4,7-10H2,1H3;1-2H3. The van der Waals surface area contributed by atoms with E-state index in [-0.39, 0.29) is 0 Å². The highest BCUT2D eigenvalue weighted by molar-refractivity contribution is 5.21. The molecule has 0 spiro atoms. The Balaban J connectivity index is 0.000000531. The highest BCUT2D eigenvalue weighted by Crippen LogP contribution is 2.15. The maximum absolute atomic E-state index is 2.50. The summed E-state index contributed by atoms with van der Waals surface area (Å²) in [6.07, 6.45) is 9.36. The Hall–Kier alpha value is -0.760. The lowest BCUT2D eigenvalue weighted by Crippen LogP contribution is -2.43. The van der Waals surface area contributed by atoms with Crippen LogP contribution in [0.15, 0.2) is 23.9 Å². The number of nitrogens with zero attached hydrogens (tertiary/aromatic N) is 2. The zero-order valence-corrected chi connectivity index (χ0v) is 10.4. The highest BCUT2D eigenvalue weighted by atomic mass is 15.2. The minimum atomic E-state index is 1.19. The number of hydrogen-bond donors (Lipinski definition) is 0. The van der Waals surface area contributed by atoms with Gasteiger partial charge in [-0.25, -0.2) is 0 Å². The van der Waals surface area contributed by atoms with E-state index in [0.29, 0.717) is 0 Å². The molecule has 0 saturated carbocycles. The van der Waals surface area contributed by atoms with Gasteiger partial charge in [0.25, 0.3) is 0 Å². The average Bonchev–Trinajstić information content (AvgIpc) is 2.34. The molecule has 2 nitrogen and oxygen atoms in total. The minimum Gasteiger partial charge on any atom is -0.369 e. The summed E-state index contributed by atoms with van der Waals surface area (Å²) in [6, 6.07) is 0. The van der Waals surface area contributed by atoms with Crippen LogP contribution in [-0.2, 0) is 0 Å². The van der Waals surface area contributed by atoms with Gasteiger partial charge in [-0.15, -0.1) is 0 Å². The number of allylic oxidation sites excluding steroid dienone is 3. The lowest BCUT2D eigenvalue weighted by Gasteiger charge is -2.35. The Morgan fingerprint density at radius 1 is 1.00 bits per heavy atom. The second-order valence-electron chi connectivity index (χ2n) is 3.90. The number of likely N-dealkylation sites (N-methyl/N-ethyl adjacent to an activating group) is 1. The van der Waals surface area contributed by atoms with Crippen LogP contribution in [0.2, 0.25) is 0 Å². The molecule has 0 unspecified atom stereocenters. The molecule has 0 aromatic heterocycles. The molecular formula is C13H24N2. The summed E-state index contributed by atoms with van der Waals surface area (Å²) < 4.78 is 0. The molecule has 2 aliphatic rings. The molecule has 0 aromatic carbocycles. The summed E-state index contributed by atoms with van der Waals surface area (Å²) in [5, 5.41) is 0. The molecule has 1 fully saturated rings. The highest BCUT2D eigenvalue weighted by Gasteiger charge is 2.14. The first kappa shape index (κ1) is 12.3. The summed E-state index contributed by atoms with van der Waals surface area (Å²) in [4.78, 5) is 4.89. The molecule has 2 heteroatoms. The molecule has 86 valence electrons. The van der Waals surface area contributed by atoms with Crippen molar-refractivity contribution in [2.45, 2.75) is 26.7 Å². The van der Waals surface area contributed by atoms with Gasteiger partial charge in [-0.1, -0.05) is 26.0 Å². The first-order valence-corrected chi connectivity index (χ1v) is 6.16. The Morgan fingerprint density at radius 3 is 2.20 bits per heavy atom. The zero-order valence-electron chi connectivity index (χ0n) is 10.4. The van der Waals surface area contributed by atoms with Gasteiger partial charge in [-0.05, 0) is 26.0 Å². The van der Waals surface area contributed by atoms with Crippen molar-refractivity contribution in [2.24, 2.45) is 0 Å². The Kier molecular flexibility index (Phi) is 5.48. The van der Waals surface area contributed by atoms with E-state index in [1.807, 2.05) is 13.8 Å². The van der Waals surface area contributed by atoms with E-state index < -0.39 is 0 Å². The summed E-state index contributed by atoms with van der Waals surface area (Å²) in [7, 11) is 2.20. The van der Waals surface area contributed by atoms with Crippen molar-refractivity contribution in [3.05, 3.63) is 23.9 Å². The second-order valence-corrected chi connectivity index (χ2v) is 3.90. The van der Waals surface area contributed by atoms with Crippen LogP contribution in [-0.4, -0.2) is 43.0 Å². The van der Waals surface area contributed by atoms with Crippen molar-refractivity contribution < 1.29 is 0 Å². The third-order valence-electron chi connectivity index (χ3n) is 2.84. The van der Waals surface area contributed by atoms with E-state index in [2.05, 4.69) is 35.1 Å².